The first-order valence-electron chi connectivity index (χ1n) is 6.37. The molecule has 0 radical (unpaired) electrons. The first kappa shape index (κ1) is 12.7. The lowest BCUT2D eigenvalue weighted by Gasteiger charge is -2.24. The van der Waals surface area contributed by atoms with Gasteiger partial charge in [0, 0.05) is 25.4 Å². The van der Waals surface area contributed by atoms with E-state index in [1.165, 1.54) is 12.1 Å². The van der Waals surface area contributed by atoms with E-state index in [0.29, 0.717) is 5.82 Å². The summed E-state index contributed by atoms with van der Waals surface area (Å²) >= 11 is 0. The maximum Gasteiger partial charge on any atom is 0.181 e. The van der Waals surface area contributed by atoms with Crippen molar-refractivity contribution in [2.75, 3.05) is 26.3 Å². The summed E-state index contributed by atoms with van der Waals surface area (Å²) in [5.41, 5.74) is 0.720. The highest BCUT2D eigenvalue weighted by molar-refractivity contribution is 5.44. The molecule has 1 fully saturated rings. The molecule has 20 heavy (non-hydrogen) atoms. The average molecular weight is 275 g/mol. The van der Waals surface area contributed by atoms with Crippen molar-refractivity contribution in [1.29, 1.82) is 0 Å². The normalized spacial score (nSPS) is 15.9. The van der Waals surface area contributed by atoms with Gasteiger partial charge in [0.05, 0.1) is 18.9 Å². The van der Waals surface area contributed by atoms with Crippen molar-refractivity contribution < 1.29 is 9.13 Å². The van der Waals surface area contributed by atoms with Gasteiger partial charge in [-0.25, -0.2) is 4.39 Å². The molecule has 1 aliphatic rings. The Morgan fingerprint density at radius 1 is 1.15 bits per heavy atom. The number of rotatable bonds is 3. The molecule has 1 aromatic carbocycles. The lowest BCUT2D eigenvalue weighted by Crippen LogP contribution is -2.31. The van der Waals surface area contributed by atoms with Crippen LogP contribution in [0.5, 0.6) is 0 Å². The average Bonchev–Trinajstić information content (AvgIpc) is 2.95. The summed E-state index contributed by atoms with van der Waals surface area (Å²) in [6.07, 6.45) is 3.79. The van der Waals surface area contributed by atoms with Crippen molar-refractivity contribution in [3.05, 3.63) is 42.1 Å². The minimum absolute atomic E-state index is 0.285. The molecule has 104 valence electrons. The Balaban J connectivity index is 1.79. The molecular formula is C13H14FN5O. The van der Waals surface area contributed by atoms with Gasteiger partial charge in [-0.05, 0) is 34.7 Å². The Labute approximate surface area is 115 Å². The number of benzene rings is 1. The molecule has 0 saturated carbocycles. The highest BCUT2D eigenvalue weighted by Crippen LogP contribution is 2.10. The number of hydrogen-bond acceptors (Lipinski definition) is 5. The van der Waals surface area contributed by atoms with Crippen LogP contribution in [0.1, 0.15) is 5.82 Å². The van der Waals surface area contributed by atoms with E-state index in [9.17, 15) is 4.39 Å². The highest BCUT2D eigenvalue weighted by Gasteiger charge is 2.08. The van der Waals surface area contributed by atoms with Crippen molar-refractivity contribution in [2.24, 2.45) is 0 Å². The minimum atomic E-state index is -0.285. The van der Waals surface area contributed by atoms with Gasteiger partial charge in [-0.1, -0.05) is 0 Å². The van der Waals surface area contributed by atoms with E-state index in [1.807, 2.05) is 12.3 Å². The topological polar surface area (TPSA) is 56.1 Å². The van der Waals surface area contributed by atoms with E-state index in [0.717, 1.165) is 32.0 Å². The van der Waals surface area contributed by atoms with Crippen LogP contribution in [0.4, 0.5) is 4.39 Å². The predicted molar refractivity (Wildman–Crippen MR) is 70.5 cm³/mol. The molecule has 0 atom stereocenters. The zero-order valence-corrected chi connectivity index (χ0v) is 10.8. The molecule has 0 bridgehead atoms. The fraction of sp³-hybridized carbons (Fsp3) is 0.308. The third-order valence-corrected chi connectivity index (χ3v) is 3.04. The maximum absolute atomic E-state index is 12.9. The molecule has 2 heterocycles. The molecule has 0 spiro atoms. The quantitative estimate of drug-likeness (QED) is 0.839. The number of hydrogen-bond donors (Lipinski definition) is 0. The number of halogens is 1. The summed E-state index contributed by atoms with van der Waals surface area (Å²) in [6, 6.07) is 6.04. The molecule has 2 aromatic rings. The van der Waals surface area contributed by atoms with E-state index >= 15 is 0 Å². The number of tetrazole rings is 1. The Kier molecular flexibility index (Phi) is 3.69. The molecular weight excluding hydrogens is 261 g/mol. The van der Waals surface area contributed by atoms with Gasteiger partial charge in [-0.3, -0.25) is 0 Å². The Bertz CT molecular complexity index is 589. The van der Waals surface area contributed by atoms with Crippen LogP contribution in [-0.4, -0.2) is 51.4 Å². The van der Waals surface area contributed by atoms with Gasteiger partial charge in [0.25, 0.3) is 0 Å². The zero-order valence-electron chi connectivity index (χ0n) is 10.8. The second-order valence-corrected chi connectivity index (χ2v) is 4.39. The monoisotopic (exact) mass is 275 g/mol. The van der Waals surface area contributed by atoms with Crippen molar-refractivity contribution in [3.8, 4) is 5.69 Å². The molecule has 0 unspecified atom stereocenters. The standard InChI is InChI=1S/C13H14FN5O/c14-11-1-3-12(4-2-11)19-13(15-16-17-19)5-6-18-7-9-20-10-8-18/h1-6H,7-10H2/b6-5-. The zero-order chi connectivity index (χ0) is 13.8. The summed E-state index contributed by atoms with van der Waals surface area (Å²) in [5, 5.41) is 11.5. The molecule has 3 rings (SSSR count). The molecule has 0 N–H and O–H groups in total. The van der Waals surface area contributed by atoms with Crippen molar-refractivity contribution in [1.82, 2.24) is 25.1 Å². The highest BCUT2D eigenvalue weighted by atomic mass is 19.1. The fourth-order valence-electron chi connectivity index (χ4n) is 1.96. The van der Waals surface area contributed by atoms with Crippen LogP contribution in [0.15, 0.2) is 30.5 Å². The smallest absolute Gasteiger partial charge is 0.181 e. The van der Waals surface area contributed by atoms with Crippen LogP contribution in [-0.2, 0) is 4.74 Å². The maximum atomic E-state index is 12.9. The Hall–Kier alpha value is -2.28. The molecule has 1 aromatic heterocycles. The SMILES string of the molecule is Fc1ccc(-n2nnnc2/C=C\N2CCOCC2)cc1. The number of ether oxygens (including phenoxy) is 1. The lowest BCUT2D eigenvalue weighted by atomic mass is 10.3. The van der Waals surface area contributed by atoms with Gasteiger partial charge >= 0.3 is 0 Å². The summed E-state index contributed by atoms with van der Waals surface area (Å²) in [7, 11) is 0. The Morgan fingerprint density at radius 2 is 1.90 bits per heavy atom. The largest absolute Gasteiger partial charge is 0.378 e. The fourth-order valence-corrected chi connectivity index (χ4v) is 1.96. The van der Waals surface area contributed by atoms with Gasteiger partial charge in [-0.15, -0.1) is 5.10 Å². The molecule has 0 aliphatic carbocycles. The van der Waals surface area contributed by atoms with E-state index in [-0.39, 0.29) is 5.82 Å². The first-order chi connectivity index (χ1) is 9.83. The van der Waals surface area contributed by atoms with Gasteiger partial charge in [0.1, 0.15) is 5.82 Å². The van der Waals surface area contributed by atoms with E-state index < -0.39 is 0 Å². The molecule has 1 aliphatic heterocycles. The van der Waals surface area contributed by atoms with Crippen molar-refractivity contribution >= 4 is 6.08 Å². The van der Waals surface area contributed by atoms with Crippen LogP contribution in [0.25, 0.3) is 11.8 Å². The lowest BCUT2D eigenvalue weighted by molar-refractivity contribution is 0.0597. The second-order valence-electron chi connectivity index (χ2n) is 4.39. The second kappa shape index (κ2) is 5.79. The van der Waals surface area contributed by atoms with Crippen LogP contribution >= 0.6 is 0 Å². The molecule has 0 amide bonds. The minimum Gasteiger partial charge on any atom is -0.378 e. The summed E-state index contributed by atoms with van der Waals surface area (Å²) in [6.45, 7) is 3.17. The van der Waals surface area contributed by atoms with Crippen molar-refractivity contribution in [3.63, 3.8) is 0 Å². The Morgan fingerprint density at radius 3 is 2.65 bits per heavy atom. The van der Waals surface area contributed by atoms with E-state index in [1.54, 1.807) is 16.8 Å². The third kappa shape index (κ3) is 2.83. The molecule has 7 heteroatoms. The predicted octanol–water partition coefficient (Wildman–Crippen LogP) is 1.10. The van der Waals surface area contributed by atoms with Gasteiger partial charge in [0.2, 0.25) is 0 Å². The van der Waals surface area contributed by atoms with Crippen LogP contribution in [0, 0.1) is 5.82 Å². The van der Waals surface area contributed by atoms with Crippen LogP contribution in [0.2, 0.25) is 0 Å². The molecule has 1 saturated heterocycles. The van der Waals surface area contributed by atoms with Crippen LogP contribution in [0.3, 0.4) is 0 Å². The van der Waals surface area contributed by atoms with Crippen molar-refractivity contribution in [2.45, 2.75) is 0 Å². The summed E-state index contributed by atoms with van der Waals surface area (Å²) in [4.78, 5) is 2.15. The van der Waals surface area contributed by atoms with Gasteiger partial charge in [0.15, 0.2) is 5.82 Å². The summed E-state index contributed by atoms with van der Waals surface area (Å²) < 4.78 is 19.8. The summed E-state index contributed by atoms with van der Waals surface area (Å²) in [5.74, 6) is 0.315. The van der Waals surface area contributed by atoms with E-state index in [4.69, 9.17) is 4.74 Å². The van der Waals surface area contributed by atoms with Gasteiger partial charge in [-0.2, -0.15) is 4.68 Å². The first-order valence-corrected chi connectivity index (χ1v) is 6.37. The number of aromatic nitrogens is 4. The van der Waals surface area contributed by atoms with Gasteiger partial charge < -0.3 is 9.64 Å². The third-order valence-electron chi connectivity index (χ3n) is 3.04. The molecule has 6 nitrogen and oxygen atoms in total. The van der Waals surface area contributed by atoms with E-state index in [2.05, 4.69) is 20.4 Å². The number of morpholine rings is 1. The van der Waals surface area contributed by atoms with Crippen LogP contribution < -0.4 is 0 Å². The number of nitrogens with zero attached hydrogens (tertiary/aromatic N) is 5.